The Kier molecular flexibility index (Phi) is 8.16. The van der Waals surface area contributed by atoms with Crippen LogP contribution < -0.4 is 10.1 Å². The van der Waals surface area contributed by atoms with Crippen LogP contribution in [0.25, 0.3) is 0 Å². The van der Waals surface area contributed by atoms with Gasteiger partial charge in [-0.2, -0.15) is 5.26 Å². The van der Waals surface area contributed by atoms with E-state index in [0.717, 1.165) is 12.1 Å². The number of amides is 1. The first kappa shape index (κ1) is 22.1. The second kappa shape index (κ2) is 10.4. The summed E-state index contributed by atoms with van der Waals surface area (Å²) in [7, 11) is 1.54. The van der Waals surface area contributed by atoms with Crippen molar-refractivity contribution in [3.8, 4) is 11.8 Å². The van der Waals surface area contributed by atoms with Crippen LogP contribution in [0, 0.1) is 17.2 Å². The highest BCUT2D eigenvalue weighted by Gasteiger charge is 2.22. The van der Waals surface area contributed by atoms with Crippen molar-refractivity contribution in [3.63, 3.8) is 0 Å². The molecule has 1 heterocycles. The van der Waals surface area contributed by atoms with Crippen LogP contribution in [0.15, 0.2) is 35.4 Å². The number of ether oxygens (including phenoxy) is 1. The van der Waals surface area contributed by atoms with Crippen LogP contribution in [-0.2, 0) is 11.2 Å². The summed E-state index contributed by atoms with van der Waals surface area (Å²) in [5.74, 6) is 0.805. The third-order valence-corrected chi connectivity index (χ3v) is 5.59. The first-order valence-electron chi connectivity index (χ1n) is 9.09. The number of thioether (sulfide) groups is 1. The molecule has 7 heteroatoms. The van der Waals surface area contributed by atoms with Gasteiger partial charge in [-0.1, -0.05) is 44.1 Å². The predicted octanol–water partition coefficient (Wildman–Crippen LogP) is 5.32. The van der Waals surface area contributed by atoms with E-state index in [1.165, 1.54) is 18.9 Å². The first-order valence-corrected chi connectivity index (χ1v) is 10.3. The van der Waals surface area contributed by atoms with Crippen molar-refractivity contribution in [2.75, 3.05) is 12.4 Å². The highest BCUT2D eigenvalue weighted by Crippen LogP contribution is 2.31. The molecule has 0 aliphatic heterocycles. The SMILES string of the molecule is CCC(Sc1nc(CC(C)C)ccc1C#N)C(=O)Nc1cc(Cl)ccc1OC. The Balaban J connectivity index is 2.23. The smallest absolute Gasteiger partial charge is 0.238 e. The Bertz CT molecular complexity index is 880. The number of anilines is 1. The van der Waals surface area contributed by atoms with E-state index < -0.39 is 5.25 Å². The lowest BCUT2D eigenvalue weighted by atomic mass is 10.1. The fourth-order valence-corrected chi connectivity index (χ4v) is 3.82. The lowest BCUT2D eigenvalue weighted by Crippen LogP contribution is -2.25. The second-order valence-electron chi connectivity index (χ2n) is 6.71. The van der Waals surface area contributed by atoms with Gasteiger partial charge in [0, 0.05) is 10.7 Å². The van der Waals surface area contributed by atoms with Gasteiger partial charge in [0.1, 0.15) is 16.8 Å². The zero-order valence-electron chi connectivity index (χ0n) is 16.5. The molecule has 0 aliphatic rings. The van der Waals surface area contributed by atoms with Crippen LogP contribution in [0.5, 0.6) is 5.75 Å². The average molecular weight is 418 g/mol. The number of carbonyl (C=O) groups excluding carboxylic acids is 1. The van der Waals surface area contributed by atoms with Gasteiger partial charge in [0.2, 0.25) is 5.91 Å². The average Bonchev–Trinajstić information content (AvgIpc) is 2.66. The Labute approximate surface area is 175 Å². The molecule has 0 fully saturated rings. The van der Waals surface area contributed by atoms with Crippen molar-refractivity contribution in [2.24, 2.45) is 5.92 Å². The van der Waals surface area contributed by atoms with Crippen LogP contribution >= 0.6 is 23.4 Å². The van der Waals surface area contributed by atoms with E-state index in [1.54, 1.807) is 24.3 Å². The van der Waals surface area contributed by atoms with Crippen molar-refractivity contribution >= 4 is 35.0 Å². The molecule has 1 aromatic carbocycles. The molecule has 1 unspecified atom stereocenters. The minimum Gasteiger partial charge on any atom is -0.495 e. The summed E-state index contributed by atoms with van der Waals surface area (Å²) in [6.07, 6.45) is 1.41. The minimum atomic E-state index is -0.405. The number of aromatic nitrogens is 1. The van der Waals surface area contributed by atoms with E-state index in [2.05, 4.69) is 30.2 Å². The highest BCUT2D eigenvalue weighted by atomic mass is 35.5. The number of rotatable bonds is 8. The van der Waals surface area contributed by atoms with E-state index in [-0.39, 0.29) is 5.91 Å². The third kappa shape index (κ3) is 5.88. The van der Waals surface area contributed by atoms with Crippen LogP contribution in [0.3, 0.4) is 0 Å². The number of halogens is 1. The van der Waals surface area contributed by atoms with Gasteiger partial charge in [-0.25, -0.2) is 4.98 Å². The lowest BCUT2D eigenvalue weighted by Gasteiger charge is -2.17. The lowest BCUT2D eigenvalue weighted by molar-refractivity contribution is -0.115. The summed E-state index contributed by atoms with van der Waals surface area (Å²) >= 11 is 7.35. The number of benzene rings is 1. The van der Waals surface area contributed by atoms with Gasteiger partial charge in [-0.3, -0.25) is 4.79 Å². The summed E-state index contributed by atoms with van der Waals surface area (Å²) in [4.78, 5) is 17.5. The number of methoxy groups -OCH3 is 1. The van der Waals surface area contributed by atoms with Gasteiger partial charge < -0.3 is 10.1 Å². The van der Waals surface area contributed by atoms with Gasteiger partial charge in [0.25, 0.3) is 0 Å². The number of nitrogens with one attached hydrogen (secondary N) is 1. The number of hydrogen-bond acceptors (Lipinski definition) is 5. The van der Waals surface area contributed by atoms with Gasteiger partial charge in [0.15, 0.2) is 0 Å². The number of pyridine rings is 1. The monoisotopic (exact) mass is 417 g/mol. The van der Waals surface area contributed by atoms with Crippen LogP contribution in [-0.4, -0.2) is 23.3 Å². The number of nitrogens with zero attached hydrogens (tertiary/aromatic N) is 2. The molecule has 2 aromatic rings. The summed E-state index contributed by atoms with van der Waals surface area (Å²) in [5.41, 5.74) is 1.91. The van der Waals surface area contributed by atoms with Gasteiger partial charge >= 0.3 is 0 Å². The Hall–Kier alpha value is -2.23. The van der Waals surface area contributed by atoms with Crippen molar-refractivity contribution in [1.29, 1.82) is 5.26 Å². The largest absolute Gasteiger partial charge is 0.495 e. The number of hydrogen-bond donors (Lipinski definition) is 1. The highest BCUT2D eigenvalue weighted by molar-refractivity contribution is 8.00. The molecule has 0 saturated heterocycles. The zero-order chi connectivity index (χ0) is 20.7. The van der Waals surface area contributed by atoms with E-state index in [4.69, 9.17) is 16.3 Å². The van der Waals surface area contributed by atoms with E-state index in [0.29, 0.717) is 39.4 Å². The molecule has 1 amide bonds. The second-order valence-corrected chi connectivity index (χ2v) is 8.34. The molecule has 1 atom stereocenters. The van der Waals surface area contributed by atoms with Crippen molar-refractivity contribution in [2.45, 2.75) is 43.9 Å². The molecule has 0 radical (unpaired) electrons. The van der Waals surface area contributed by atoms with Crippen LogP contribution in [0.1, 0.15) is 38.4 Å². The Morgan fingerprint density at radius 2 is 2.11 bits per heavy atom. The molecule has 1 N–H and O–H groups in total. The molecule has 0 saturated carbocycles. The van der Waals surface area contributed by atoms with Crippen LogP contribution in [0.4, 0.5) is 5.69 Å². The Morgan fingerprint density at radius 3 is 2.71 bits per heavy atom. The topological polar surface area (TPSA) is 75.0 Å². The van der Waals surface area contributed by atoms with E-state index >= 15 is 0 Å². The van der Waals surface area contributed by atoms with Crippen molar-refractivity contribution < 1.29 is 9.53 Å². The molecular formula is C21H24ClN3O2S. The third-order valence-electron chi connectivity index (χ3n) is 3.99. The minimum absolute atomic E-state index is 0.187. The predicted molar refractivity (Wildman–Crippen MR) is 114 cm³/mol. The standard InChI is InChI=1S/C21H24ClN3O2S/c1-5-19(20(26)25-17-11-15(22)7-9-18(17)27-4)28-21-14(12-23)6-8-16(24-21)10-13(2)3/h6-9,11,13,19H,5,10H2,1-4H3,(H,25,26). The fourth-order valence-electron chi connectivity index (χ4n) is 2.63. The van der Waals surface area contributed by atoms with E-state index in [1.807, 2.05) is 13.0 Å². The summed E-state index contributed by atoms with van der Waals surface area (Å²) in [5, 5.41) is 13.0. The molecule has 0 spiro atoms. The van der Waals surface area contributed by atoms with Crippen LogP contribution in [0.2, 0.25) is 5.02 Å². The maximum absolute atomic E-state index is 12.8. The quantitative estimate of drug-likeness (QED) is 0.588. The summed E-state index contributed by atoms with van der Waals surface area (Å²) in [6.45, 7) is 6.16. The first-order chi connectivity index (χ1) is 13.4. The molecule has 0 aliphatic carbocycles. The van der Waals surface area contributed by atoms with Crippen molar-refractivity contribution in [3.05, 3.63) is 46.6 Å². The summed E-state index contributed by atoms with van der Waals surface area (Å²) in [6, 6.07) is 10.9. The summed E-state index contributed by atoms with van der Waals surface area (Å²) < 4.78 is 5.29. The maximum atomic E-state index is 12.8. The van der Waals surface area contributed by atoms with Gasteiger partial charge in [-0.05, 0) is 49.1 Å². The van der Waals surface area contributed by atoms with Gasteiger partial charge in [0.05, 0.1) is 23.6 Å². The zero-order valence-corrected chi connectivity index (χ0v) is 18.0. The molecule has 2 rings (SSSR count). The van der Waals surface area contributed by atoms with E-state index in [9.17, 15) is 10.1 Å². The molecular weight excluding hydrogens is 394 g/mol. The molecule has 148 valence electrons. The number of carbonyl (C=O) groups is 1. The fraction of sp³-hybridized carbons (Fsp3) is 0.381. The normalized spacial score (nSPS) is 11.8. The Morgan fingerprint density at radius 1 is 1.36 bits per heavy atom. The molecule has 0 bridgehead atoms. The molecule has 28 heavy (non-hydrogen) atoms. The molecule has 5 nitrogen and oxygen atoms in total. The number of nitriles is 1. The molecule has 1 aromatic heterocycles. The van der Waals surface area contributed by atoms with Crippen molar-refractivity contribution in [1.82, 2.24) is 4.98 Å². The van der Waals surface area contributed by atoms with Gasteiger partial charge in [-0.15, -0.1) is 0 Å². The maximum Gasteiger partial charge on any atom is 0.238 e.